The number of hydrogen-bond acceptors (Lipinski definition) is 3. The molecule has 1 aromatic carbocycles. The van der Waals surface area contributed by atoms with Gasteiger partial charge in [-0.2, -0.15) is 0 Å². The fourth-order valence-corrected chi connectivity index (χ4v) is 3.14. The van der Waals surface area contributed by atoms with Crippen LogP contribution in [0.25, 0.3) is 0 Å². The van der Waals surface area contributed by atoms with E-state index in [4.69, 9.17) is 5.11 Å². The van der Waals surface area contributed by atoms with Crippen LogP contribution in [0, 0.1) is 5.92 Å². The van der Waals surface area contributed by atoms with Gasteiger partial charge in [-0.05, 0) is 11.5 Å². The van der Waals surface area contributed by atoms with Gasteiger partial charge >= 0.3 is 5.97 Å². The highest BCUT2D eigenvalue weighted by molar-refractivity contribution is 7.87. The molecule has 0 heterocycles. The summed E-state index contributed by atoms with van der Waals surface area (Å²) < 4.78 is 11.9. The van der Waals surface area contributed by atoms with Gasteiger partial charge in [-0.25, -0.2) is 0 Å². The number of carboxylic acid groups (broad SMARTS) is 1. The fraction of sp³-hybridized carbons (Fsp3) is 0.429. The molecule has 2 unspecified atom stereocenters. The summed E-state index contributed by atoms with van der Waals surface area (Å²) in [6.45, 7) is 3.70. The minimum atomic E-state index is -1.72. The third-order valence-corrected chi connectivity index (χ3v) is 4.60. The Bertz CT molecular complexity index is 487. The summed E-state index contributed by atoms with van der Waals surface area (Å²) in [4.78, 5) is 22.7. The van der Waals surface area contributed by atoms with Gasteiger partial charge in [-0.1, -0.05) is 44.2 Å². The Morgan fingerprint density at radius 3 is 2.35 bits per heavy atom. The van der Waals surface area contributed by atoms with Gasteiger partial charge in [0, 0.05) is 17.3 Å². The molecule has 0 saturated heterocycles. The van der Waals surface area contributed by atoms with E-state index in [2.05, 4.69) is 5.32 Å². The van der Waals surface area contributed by atoms with Gasteiger partial charge in [0.1, 0.15) is 11.0 Å². The second kappa shape index (κ2) is 7.79. The van der Waals surface area contributed by atoms with Crippen LogP contribution >= 0.6 is 0 Å². The first-order valence-corrected chi connectivity index (χ1v) is 7.70. The lowest BCUT2D eigenvalue weighted by Crippen LogP contribution is -2.37. The normalized spacial score (nSPS) is 13.8. The minimum absolute atomic E-state index is 0.282. The summed E-state index contributed by atoms with van der Waals surface area (Å²) in [6.07, 6.45) is 0. The maximum absolute atomic E-state index is 11.9. The minimum Gasteiger partial charge on any atom is -0.480 e. The molecule has 2 N–H and O–H groups in total. The first kappa shape index (κ1) is 16.4. The number of aliphatic carboxylic acids is 1. The van der Waals surface area contributed by atoms with E-state index >= 15 is 0 Å². The molecule has 0 saturated carbocycles. The summed E-state index contributed by atoms with van der Waals surface area (Å²) >= 11 is 0. The molecular weight excluding hydrogens is 278 g/mol. The van der Waals surface area contributed by atoms with Crippen molar-refractivity contribution in [1.29, 1.82) is 0 Å². The van der Waals surface area contributed by atoms with Crippen molar-refractivity contribution in [2.45, 2.75) is 25.6 Å². The Morgan fingerprint density at radius 2 is 1.85 bits per heavy atom. The summed E-state index contributed by atoms with van der Waals surface area (Å²) in [6, 6.07) is 9.33. The lowest BCUT2D eigenvalue weighted by atomic mass is 10.1. The van der Waals surface area contributed by atoms with E-state index in [0.717, 1.165) is 5.56 Å². The Morgan fingerprint density at radius 1 is 1.25 bits per heavy atom. The number of amides is 1. The number of hydrogen-bond donors (Lipinski definition) is 2. The van der Waals surface area contributed by atoms with Gasteiger partial charge in [0.2, 0.25) is 5.91 Å². The topological polar surface area (TPSA) is 83.5 Å². The monoisotopic (exact) mass is 297 g/mol. The molecule has 0 aliphatic heterocycles. The van der Waals surface area contributed by atoms with Crippen LogP contribution in [-0.2, 0) is 26.9 Å². The van der Waals surface area contributed by atoms with Crippen LogP contribution in [0.4, 0.5) is 0 Å². The van der Waals surface area contributed by atoms with Crippen LogP contribution < -0.4 is 5.32 Å². The van der Waals surface area contributed by atoms with Crippen molar-refractivity contribution in [3.63, 3.8) is 0 Å². The first-order valence-electron chi connectivity index (χ1n) is 6.32. The quantitative estimate of drug-likeness (QED) is 0.791. The Labute approximate surface area is 120 Å². The smallest absolute Gasteiger partial charge is 0.319 e. The first-order chi connectivity index (χ1) is 9.41. The molecule has 0 radical (unpaired) electrons. The van der Waals surface area contributed by atoms with Crippen LogP contribution in [0.3, 0.4) is 0 Å². The van der Waals surface area contributed by atoms with Crippen LogP contribution in [0.5, 0.6) is 0 Å². The van der Waals surface area contributed by atoms with Gasteiger partial charge in [0.15, 0.2) is 0 Å². The molecule has 0 fully saturated rings. The largest absolute Gasteiger partial charge is 0.480 e. The van der Waals surface area contributed by atoms with Gasteiger partial charge < -0.3 is 10.4 Å². The molecular formula is C14H19NO4S. The van der Waals surface area contributed by atoms with Crippen LogP contribution in [-0.4, -0.2) is 32.2 Å². The number of rotatable bonds is 7. The van der Waals surface area contributed by atoms with E-state index < -0.39 is 27.9 Å². The molecule has 20 heavy (non-hydrogen) atoms. The highest BCUT2D eigenvalue weighted by Crippen LogP contribution is 2.10. The molecule has 110 valence electrons. The second-order valence-corrected chi connectivity index (χ2v) is 6.35. The van der Waals surface area contributed by atoms with Gasteiger partial charge in [-0.15, -0.1) is 0 Å². The SMILES string of the molecule is CC(C)C(C(=O)O)S(=O)CC(=O)NCc1ccccc1. The van der Waals surface area contributed by atoms with E-state index in [1.54, 1.807) is 13.8 Å². The van der Waals surface area contributed by atoms with Crippen molar-refractivity contribution >= 4 is 22.7 Å². The molecule has 0 aliphatic rings. The number of carboxylic acids is 1. The fourth-order valence-electron chi connectivity index (χ4n) is 1.77. The van der Waals surface area contributed by atoms with Gasteiger partial charge in [0.05, 0.1) is 0 Å². The van der Waals surface area contributed by atoms with Crippen molar-refractivity contribution in [1.82, 2.24) is 5.32 Å². The van der Waals surface area contributed by atoms with Gasteiger partial charge in [0.25, 0.3) is 0 Å². The highest BCUT2D eigenvalue weighted by Gasteiger charge is 2.29. The van der Waals surface area contributed by atoms with E-state index in [1.807, 2.05) is 30.3 Å². The molecule has 6 heteroatoms. The van der Waals surface area contributed by atoms with Crippen molar-refractivity contribution in [2.24, 2.45) is 5.92 Å². The van der Waals surface area contributed by atoms with E-state index in [1.165, 1.54) is 0 Å². The lowest BCUT2D eigenvalue weighted by Gasteiger charge is -2.15. The zero-order valence-corrected chi connectivity index (χ0v) is 12.4. The average Bonchev–Trinajstić information content (AvgIpc) is 2.36. The van der Waals surface area contributed by atoms with Crippen molar-refractivity contribution in [3.8, 4) is 0 Å². The van der Waals surface area contributed by atoms with Crippen LogP contribution in [0.2, 0.25) is 0 Å². The van der Waals surface area contributed by atoms with Crippen molar-refractivity contribution in [2.75, 3.05) is 5.75 Å². The maximum Gasteiger partial charge on any atom is 0.319 e. The summed E-state index contributed by atoms with van der Waals surface area (Å²) in [5.41, 5.74) is 0.935. The Kier molecular flexibility index (Phi) is 6.38. The molecule has 1 aromatic rings. The van der Waals surface area contributed by atoms with E-state index in [-0.39, 0.29) is 11.7 Å². The molecule has 0 aliphatic carbocycles. The summed E-state index contributed by atoms with van der Waals surface area (Å²) in [5.74, 6) is -2.11. The summed E-state index contributed by atoms with van der Waals surface area (Å²) in [7, 11) is -1.72. The average molecular weight is 297 g/mol. The second-order valence-electron chi connectivity index (χ2n) is 4.79. The van der Waals surface area contributed by atoms with Crippen molar-refractivity contribution < 1.29 is 18.9 Å². The Balaban J connectivity index is 2.49. The number of carbonyl (C=O) groups is 2. The van der Waals surface area contributed by atoms with Crippen LogP contribution in [0.15, 0.2) is 30.3 Å². The number of benzene rings is 1. The standard InChI is InChI=1S/C14H19NO4S/c1-10(2)13(14(17)18)20(19)9-12(16)15-8-11-6-4-3-5-7-11/h3-7,10,13H,8-9H2,1-2H3,(H,15,16)(H,17,18). The zero-order chi connectivity index (χ0) is 15.1. The molecule has 0 spiro atoms. The Hall–Kier alpha value is -1.69. The third-order valence-electron chi connectivity index (χ3n) is 2.74. The zero-order valence-electron chi connectivity index (χ0n) is 11.5. The predicted molar refractivity (Wildman–Crippen MR) is 77.6 cm³/mol. The van der Waals surface area contributed by atoms with Crippen molar-refractivity contribution in [3.05, 3.63) is 35.9 Å². The van der Waals surface area contributed by atoms with Crippen LogP contribution in [0.1, 0.15) is 19.4 Å². The molecule has 2 atom stereocenters. The highest BCUT2D eigenvalue weighted by atomic mass is 32.2. The molecule has 0 aromatic heterocycles. The number of carbonyl (C=O) groups excluding carboxylic acids is 1. The molecule has 5 nitrogen and oxygen atoms in total. The lowest BCUT2D eigenvalue weighted by molar-refractivity contribution is -0.137. The van der Waals surface area contributed by atoms with E-state index in [9.17, 15) is 13.8 Å². The molecule has 0 bridgehead atoms. The van der Waals surface area contributed by atoms with Gasteiger partial charge in [-0.3, -0.25) is 13.8 Å². The van der Waals surface area contributed by atoms with E-state index in [0.29, 0.717) is 6.54 Å². The summed E-state index contributed by atoms with van der Waals surface area (Å²) in [5, 5.41) is 10.6. The number of nitrogens with one attached hydrogen (secondary N) is 1. The molecule has 1 rings (SSSR count). The predicted octanol–water partition coefficient (Wildman–Crippen LogP) is 1.16. The third kappa shape index (κ3) is 5.13. The maximum atomic E-state index is 11.9. The molecule has 1 amide bonds.